The van der Waals surface area contributed by atoms with Gasteiger partial charge in [-0.3, -0.25) is 4.79 Å². The summed E-state index contributed by atoms with van der Waals surface area (Å²) in [6.07, 6.45) is 5.86. The van der Waals surface area contributed by atoms with Gasteiger partial charge in [0.25, 0.3) is 0 Å². The molecule has 0 aromatic heterocycles. The van der Waals surface area contributed by atoms with Gasteiger partial charge < -0.3 is 9.66 Å². The van der Waals surface area contributed by atoms with Crippen molar-refractivity contribution in [3.05, 3.63) is 23.6 Å². The Morgan fingerprint density at radius 2 is 2.25 bits per heavy atom. The average molecular weight is 280 g/mol. The molecule has 0 aliphatic carbocycles. The molecule has 0 spiro atoms. The lowest BCUT2D eigenvalue weighted by Crippen LogP contribution is -2.12. The van der Waals surface area contributed by atoms with Crippen LogP contribution in [0.1, 0.15) is 13.3 Å². The summed E-state index contributed by atoms with van der Waals surface area (Å²) in [5, 5.41) is 10.3. The molecule has 0 aromatic rings. The van der Waals surface area contributed by atoms with Crippen LogP contribution in [0.4, 0.5) is 0 Å². The molecular weight excluding hydrogens is 264 g/mol. The fourth-order valence-corrected chi connectivity index (χ4v) is 3.23. The van der Waals surface area contributed by atoms with Crippen LogP contribution in [0, 0.1) is 0 Å². The summed E-state index contributed by atoms with van der Waals surface area (Å²) < 4.78 is 11.3. The molecule has 0 aliphatic heterocycles. The Labute approximate surface area is 107 Å². The minimum Gasteiger partial charge on any atom is -0.616 e. The Morgan fingerprint density at radius 3 is 2.88 bits per heavy atom. The van der Waals surface area contributed by atoms with Gasteiger partial charge in [-0.2, -0.15) is 0 Å². The fourth-order valence-electron chi connectivity index (χ4n) is 0.684. The third-order valence-electron chi connectivity index (χ3n) is 1.45. The van der Waals surface area contributed by atoms with Gasteiger partial charge in [-0.1, -0.05) is 33.7 Å². The van der Waals surface area contributed by atoms with Crippen molar-refractivity contribution in [2.24, 2.45) is 0 Å². The Balaban J connectivity index is 3.40. The zero-order valence-electron chi connectivity index (χ0n) is 9.13. The van der Waals surface area contributed by atoms with E-state index in [1.54, 1.807) is 21.6 Å². The van der Waals surface area contributed by atoms with Gasteiger partial charge in [0, 0.05) is 5.75 Å². The summed E-state index contributed by atoms with van der Waals surface area (Å²) >= 11 is -1.05. The number of hydrogen-bond donors (Lipinski definition) is 1. The molecule has 0 rings (SSSR count). The second-order valence-corrected chi connectivity index (χ2v) is 6.72. The summed E-state index contributed by atoms with van der Waals surface area (Å²) in [5.41, 5.74) is 0. The first-order valence-electron chi connectivity index (χ1n) is 4.78. The van der Waals surface area contributed by atoms with Gasteiger partial charge in [0.1, 0.15) is 11.5 Å². The Kier molecular flexibility index (Phi) is 11.4. The van der Waals surface area contributed by atoms with E-state index in [9.17, 15) is 9.35 Å². The minimum atomic E-state index is -1.05. The van der Waals surface area contributed by atoms with Crippen LogP contribution < -0.4 is 0 Å². The van der Waals surface area contributed by atoms with Crippen molar-refractivity contribution in [3.63, 3.8) is 0 Å². The number of carbonyl (C=O) groups is 1. The van der Waals surface area contributed by atoms with Crippen molar-refractivity contribution in [1.29, 1.82) is 0 Å². The molecule has 0 aromatic carbocycles. The van der Waals surface area contributed by atoms with Gasteiger partial charge in [-0.25, -0.2) is 0 Å². The standard InChI is InChI=1S/C10H16O3S3/c1-2-3-6-14-15-7-4-8-16(13)9-5-10(11)12/h2-4,7H,5-6,8-9H2,1H3,(H,11,12). The highest BCUT2D eigenvalue weighted by atomic mass is 33.1. The molecule has 0 amide bonds. The summed E-state index contributed by atoms with van der Waals surface area (Å²) in [4.78, 5) is 10.2. The van der Waals surface area contributed by atoms with Crippen molar-refractivity contribution in [2.75, 3.05) is 17.3 Å². The fraction of sp³-hybridized carbons (Fsp3) is 0.500. The maximum atomic E-state index is 11.3. The Bertz CT molecular complexity index is 241. The molecule has 1 unspecified atom stereocenters. The van der Waals surface area contributed by atoms with Crippen LogP contribution in [-0.2, 0) is 16.0 Å². The van der Waals surface area contributed by atoms with Gasteiger partial charge in [-0.15, -0.1) is 0 Å². The lowest BCUT2D eigenvalue weighted by molar-refractivity contribution is -0.136. The second-order valence-electron chi connectivity index (χ2n) is 2.78. The third-order valence-corrected chi connectivity index (χ3v) is 4.59. The van der Waals surface area contributed by atoms with E-state index >= 15 is 0 Å². The van der Waals surface area contributed by atoms with E-state index in [0.717, 1.165) is 5.75 Å². The normalized spacial score (nSPS) is 13.6. The predicted molar refractivity (Wildman–Crippen MR) is 74.1 cm³/mol. The van der Waals surface area contributed by atoms with E-state index in [1.165, 1.54) is 0 Å². The first-order chi connectivity index (χ1) is 7.66. The van der Waals surface area contributed by atoms with E-state index in [0.29, 0.717) is 5.75 Å². The summed E-state index contributed by atoms with van der Waals surface area (Å²) in [6, 6.07) is 0. The second kappa shape index (κ2) is 11.4. The van der Waals surface area contributed by atoms with Crippen molar-refractivity contribution in [2.45, 2.75) is 13.3 Å². The number of rotatable bonds is 9. The van der Waals surface area contributed by atoms with Gasteiger partial charge in [0.15, 0.2) is 0 Å². The number of hydrogen-bond acceptors (Lipinski definition) is 4. The summed E-state index contributed by atoms with van der Waals surface area (Å²) in [7, 11) is 3.29. The highest BCUT2D eigenvalue weighted by molar-refractivity contribution is 8.77. The lowest BCUT2D eigenvalue weighted by Gasteiger charge is -2.06. The third kappa shape index (κ3) is 12.0. The first-order valence-corrected chi connectivity index (χ1v) is 8.65. The molecule has 0 saturated carbocycles. The molecule has 3 nitrogen and oxygen atoms in total. The van der Waals surface area contributed by atoms with Crippen molar-refractivity contribution in [1.82, 2.24) is 0 Å². The SMILES string of the molecule is CC=CCSSC=CC[S+]([O-])CCC(=O)O. The van der Waals surface area contributed by atoms with Crippen molar-refractivity contribution < 1.29 is 14.5 Å². The van der Waals surface area contributed by atoms with Crippen LogP contribution in [-0.4, -0.2) is 32.9 Å². The molecule has 0 bridgehead atoms. The predicted octanol–water partition coefficient (Wildman–Crippen LogP) is 2.68. The van der Waals surface area contributed by atoms with E-state index in [1.807, 2.05) is 24.5 Å². The van der Waals surface area contributed by atoms with Crippen LogP contribution in [0.2, 0.25) is 0 Å². The van der Waals surface area contributed by atoms with Crippen LogP contribution in [0.25, 0.3) is 0 Å². The van der Waals surface area contributed by atoms with Crippen LogP contribution in [0.3, 0.4) is 0 Å². The molecule has 0 heterocycles. The molecule has 0 aliphatic rings. The molecule has 92 valence electrons. The van der Waals surface area contributed by atoms with Crippen LogP contribution >= 0.6 is 21.6 Å². The molecular formula is C10H16O3S3. The number of carboxylic acids is 1. The molecule has 1 N–H and O–H groups in total. The van der Waals surface area contributed by atoms with Crippen LogP contribution in [0.15, 0.2) is 23.6 Å². The Morgan fingerprint density at radius 1 is 1.50 bits per heavy atom. The number of carboxylic acid groups (broad SMARTS) is 1. The molecule has 6 heteroatoms. The molecule has 0 radical (unpaired) electrons. The number of allylic oxidation sites excluding steroid dienone is 1. The largest absolute Gasteiger partial charge is 0.616 e. The highest BCUT2D eigenvalue weighted by Crippen LogP contribution is 2.22. The van der Waals surface area contributed by atoms with Gasteiger partial charge in [0.2, 0.25) is 0 Å². The smallest absolute Gasteiger partial charge is 0.308 e. The summed E-state index contributed by atoms with van der Waals surface area (Å²) in [5.74, 6) is 0.724. The molecule has 0 fully saturated rings. The lowest BCUT2D eigenvalue weighted by atomic mass is 10.5. The summed E-state index contributed by atoms with van der Waals surface area (Å²) in [6.45, 7) is 1.98. The zero-order valence-corrected chi connectivity index (χ0v) is 11.6. The van der Waals surface area contributed by atoms with E-state index in [4.69, 9.17) is 5.11 Å². The van der Waals surface area contributed by atoms with E-state index < -0.39 is 17.1 Å². The van der Waals surface area contributed by atoms with E-state index in [-0.39, 0.29) is 12.2 Å². The quantitative estimate of drug-likeness (QED) is 0.304. The maximum absolute atomic E-state index is 11.3. The molecule has 0 saturated heterocycles. The van der Waals surface area contributed by atoms with E-state index in [2.05, 4.69) is 6.08 Å². The monoisotopic (exact) mass is 280 g/mol. The first kappa shape index (κ1) is 16.0. The molecule has 16 heavy (non-hydrogen) atoms. The van der Waals surface area contributed by atoms with Gasteiger partial charge >= 0.3 is 5.97 Å². The van der Waals surface area contributed by atoms with Crippen molar-refractivity contribution >= 4 is 38.7 Å². The van der Waals surface area contributed by atoms with Crippen molar-refractivity contribution in [3.8, 4) is 0 Å². The highest BCUT2D eigenvalue weighted by Gasteiger charge is 2.06. The number of aliphatic carboxylic acids is 1. The minimum absolute atomic E-state index is 0.0242. The Hall–Kier alpha value is -0.0400. The zero-order chi connectivity index (χ0) is 12.2. The maximum Gasteiger partial charge on any atom is 0.308 e. The van der Waals surface area contributed by atoms with Gasteiger partial charge in [0.05, 0.1) is 6.42 Å². The molecule has 1 atom stereocenters. The average Bonchev–Trinajstić information content (AvgIpc) is 2.25. The van der Waals surface area contributed by atoms with Crippen LogP contribution in [0.5, 0.6) is 0 Å². The topological polar surface area (TPSA) is 60.4 Å². The van der Waals surface area contributed by atoms with Gasteiger partial charge in [-0.05, 0) is 29.6 Å².